The van der Waals surface area contributed by atoms with Gasteiger partial charge in [-0.2, -0.15) is 0 Å². The van der Waals surface area contributed by atoms with Crippen molar-refractivity contribution in [2.75, 3.05) is 24.5 Å². The van der Waals surface area contributed by atoms with Gasteiger partial charge >= 0.3 is 0 Å². The van der Waals surface area contributed by atoms with Crippen molar-refractivity contribution >= 4 is 17.5 Å². The molecular weight excluding hydrogens is 326 g/mol. The fourth-order valence-corrected chi connectivity index (χ4v) is 3.96. The van der Waals surface area contributed by atoms with Crippen molar-refractivity contribution in [3.63, 3.8) is 0 Å². The third-order valence-corrected chi connectivity index (χ3v) is 5.36. The molecule has 0 aliphatic carbocycles. The number of amides is 2. The smallest absolute Gasteiger partial charge is 0.254 e. The third kappa shape index (κ3) is 3.10. The molecule has 2 saturated heterocycles. The lowest BCUT2D eigenvalue weighted by Gasteiger charge is -2.19. The van der Waals surface area contributed by atoms with Crippen LogP contribution < -0.4 is 10.6 Å². The number of nitrogens with zero attached hydrogens (tertiary/aromatic N) is 2. The van der Waals surface area contributed by atoms with Crippen LogP contribution in [0.5, 0.6) is 0 Å². The zero-order valence-corrected chi connectivity index (χ0v) is 14.7. The van der Waals surface area contributed by atoms with Crippen LogP contribution in [0.1, 0.15) is 34.7 Å². The first-order valence-corrected chi connectivity index (χ1v) is 9.14. The minimum absolute atomic E-state index is 0.0209. The standard InChI is InChI=1S/C21H23N3O2/c22-19-14-23(13-18(19)15-6-2-1-3-7-15)21(26)16-8-4-9-17(12-16)24-11-5-10-20(24)25/h1-4,6-9,12,18-19H,5,10-11,13-14,22H2/t18-,19+/m0/s1. The molecule has 5 heteroatoms. The number of likely N-dealkylation sites (tertiary alicyclic amines) is 1. The number of rotatable bonds is 3. The second kappa shape index (κ2) is 6.92. The highest BCUT2D eigenvalue weighted by Gasteiger charge is 2.34. The summed E-state index contributed by atoms with van der Waals surface area (Å²) in [5, 5.41) is 0. The molecule has 2 atom stereocenters. The quantitative estimate of drug-likeness (QED) is 0.925. The van der Waals surface area contributed by atoms with Crippen LogP contribution in [0, 0.1) is 0 Å². The summed E-state index contributed by atoms with van der Waals surface area (Å²) >= 11 is 0. The van der Waals surface area contributed by atoms with Crippen LogP contribution in [0.2, 0.25) is 0 Å². The van der Waals surface area contributed by atoms with Crippen molar-refractivity contribution in [1.29, 1.82) is 0 Å². The van der Waals surface area contributed by atoms with Gasteiger partial charge in [-0.3, -0.25) is 9.59 Å². The number of benzene rings is 2. The van der Waals surface area contributed by atoms with E-state index >= 15 is 0 Å². The molecule has 2 amide bonds. The Balaban J connectivity index is 1.52. The van der Waals surface area contributed by atoms with E-state index in [2.05, 4.69) is 12.1 Å². The molecule has 2 N–H and O–H groups in total. The highest BCUT2D eigenvalue weighted by atomic mass is 16.2. The summed E-state index contributed by atoms with van der Waals surface area (Å²) in [6, 6.07) is 17.4. The molecule has 5 nitrogen and oxygen atoms in total. The van der Waals surface area contributed by atoms with Gasteiger partial charge in [0.1, 0.15) is 0 Å². The Morgan fingerprint density at radius 3 is 2.58 bits per heavy atom. The zero-order valence-electron chi connectivity index (χ0n) is 14.7. The van der Waals surface area contributed by atoms with Crippen LogP contribution in [0.15, 0.2) is 54.6 Å². The van der Waals surface area contributed by atoms with Gasteiger partial charge in [-0.05, 0) is 30.2 Å². The number of nitrogens with two attached hydrogens (primary N) is 1. The van der Waals surface area contributed by atoms with Crippen molar-refractivity contribution in [2.45, 2.75) is 24.8 Å². The van der Waals surface area contributed by atoms with Gasteiger partial charge in [-0.1, -0.05) is 36.4 Å². The lowest BCUT2D eigenvalue weighted by Crippen LogP contribution is -2.32. The second-order valence-electron chi connectivity index (χ2n) is 7.09. The Bertz CT molecular complexity index is 821. The van der Waals surface area contributed by atoms with Crippen LogP contribution in [-0.4, -0.2) is 42.4 Å². The summed E-state index contributed by atoms with van der Waals surface area (Å²) < 4.78 is 0. The van der Waals surface area contributed by atoms with E-state index in [0.29, 0.717) is 25.1 Å². The van der Waals surface area contributed by atoms with Crippen molar-refractivity contribution in [3.05, 3.63) is 65.7 Å². The first kappa shape index (κ1) is 16.8. The topological polar surface area (TPSA) is 66.6 Å². The number of anilines is 1. The maximum Gasteiger partial charge on any atom is 0.254 e. The summed E-state index contributed by atoms with van der Waals surface area (Å²) in [5.41, 5.74) is 8.91. The highest BCUT2D eigenvalue weighted by Crippen LogP contribution is 2.28. The summed E-state index contributed by atoms with van der Waals surface area (Å²) in [4.78, 5) is 28.5. The average molecular weight is 349 g/mol. The van der Waals surface area contributed by atoms with E-state index in [0.717, 1.165) is 18.7 Å². The van der Waals surface area contributed by atoms with E-state index < -0.39 is 0 Å². The summed E-state index contributed by atoms with van der Waals surface area (Å²) in [6.07, 6.45) is 1.45. The number of hydrogen-bond donors (Lipinski definition) is 1. The minimum atomic E-state index is -0.0651. The molecule has 2 aromatic rings. The van der Waals surface area contributed by atoms with Crippen LogP contribution >= 0.6 is 0 Å². The Morgan fingerprint density at radius 2 is 1.85 bits per heavy atom. The molecular formula is C21H23N3O2. The minimum Gasteiger partial charge on any atom is -0.336 e. The molecule has 2 fully saturated rings. The van der Waals surface area contributed by atoms with Gasteiger partial charge in [0.15, 0.2) is 0 Å². The number of carbonyl (C=O) groups excluding carboxylic acids is 2. The van der Waals surface area contributed by atoms with E-state index in [-0.39, 0.29) is 23.8 Å². The van der Waals surface area contributed by atoms with E-state index in [1.165, 1.54) is 5.56 Å². The summed E-state index contributed by atoms with van der Waals surface area (Å²) in [5.74, 6) is 0.262. The molecule has 0 saturated carbocycles. The van der Waals surface area contributed by atoms with Crippen LogP contribution in [0.25, 0.3) is 0 Å². The summed E-state index contributed by atoms with van der Waals surface area (Å²) in [6.45, 7) is 1.89. The second-order valence-corrected chi connectivity index (χ2v) is 7.09. The first-order valence-electron chi connectivity index (χ1n) is 9.14. The number of hydrogen-bond acceptors (Lipinski definition) is 3. The Kier molecular flexibility index (Phi) is 4.47. The van der Waals surface area contributed by atoms with E-state index in [4.69, 9.17) is 5.73 Å². The Labute approximate surface area is 153 Å². The molecule has 2 aliphatic heterocycles. The van der Waals surface area contributed by atoms with Gasteiger partial charge < -0.3 is 15.5 Å². The van der Waals surface area contributed by atoms with E-state index in [1.54, 1.807) is 4.90 Å². The predicted octanol–water partition coefficient (Wildman–Crippen LogP) is 2.38. The number of carbonyl (C=O) groups is 2. The van der Waals surface area contributed by atoms with Gasteiger partial charge in [0.2, 0.25) is 5.91 Å². The maximum absolute atomic E-state index is 13.0. The summed E-state index contributed by atoms with van der Waals surface area (Å²) in [7, 11) is 0. The van der Waals surface area contributed by atoms with Gasteiger partial charge in [0, 0.05) is 49.3 Å². The van der Waals surface area contributed by atoms with Gasteiger partial charge in [-0.25, -0.2) is 0 Å². The monoisotopic (exact) mass is 349 g/mol. The molecule has 2 aromatic carbocycles. The van der Waals surface area contributed by atoms with E-state index in [9.17, 15) is 9.59 Å². The Hall–Kier alpha value is -2.66. The molecule has 134 valence electrons. The molecule has 2 aliphatic rings. The van der Waals surface area contributed by atoms with Gasteiger partial charge in [0.05, 0.1) is 0 Å². The molecule has 4 rings (SSSR count). The molecule has 0 bridgehead atoms. The van der Waals surface area contributed by atoms with Crippen molar-refractivity contribution in [3.8, 4) is 0 Å². The fourth-order valence-electron chi connectivity index (χ4n) is 3.96. The molecule has 0 spiro atoms. The SMILES string of the molecule is N[C@@H]1CN(C(=O)c2cccc(N3CCCC3=O)c2)C[C@H]1c1ccccc1. The molecule has 2 heterocycles. The van der Waals surface area contributed by atoms with Crippen molar-refractivity contribution < 1.29 is 9.59 Å². The molecule has 0 unspecified atom stereocenters. The zero-order chi connectivity index (χ0) is 18.1. The lowest BCUT2D eigenvalue weighted by atomic mass is 9.95. The van der Waals surface area contributed by atoms with Gasteiger partial charge in [0.25, 0.3) is 5.91 Å². The van der Waals surface area contributed by atoms with Crippen molar-refractivity contribution in [2.24, 2.45) is 5.73 Å². The molecule has 26 heavy (non-hydrogen) atoms. The van der Waals surface area contributed by atoms with Gasteiger partial charge in [-0.15, -0.1) is 0 Å². The fraction of sp³-hybridized carbons (Fsp3) is 0.333. The predicted molar refractivity (Wildman–Crippen MR) is 101 cm³/mol. The van der Waals surface area contributed by atoms with E-state index in [1.807, 2.05) is 47.4 Å². The molecule has 0 aromatic heterocycles. The van der Waals surface area contributed by atoms with Crippen molar-refractivity contribution in [1.82, 2.24) is 4.90 Å². The normalized spacial score (nSPS) is 22.9. The van der Waals surface area contributed by atoms with Crippen LogP contribution in [0.3, 0.4) is 0 Å². The Morgan fingerprint density at radius 1 is 1.04 bits per heavy atom. The largest absolute Gasteiger partial charge is 0.336 e. The molecule has 0 radical (unpaired) electrons. The lowest BCUT2D eigenvalue weighted by molar-refractivity contribution is -0.117. The maximum atomic E-state index is 13.0. The average Bonchev–Trinajstić information content (AvgIpc) is 3.27. The third-order valence-electron chi connectivity index (χ3n) is 5.36. The highest BCUT2D eigenvalue weighted by molar-refractivity contribution is 5.99. The first-order chi connectivity index (χ1) is 12.6. The van der Waals surface area contributed by atoms with Crippen LogP contribution in [-0.2, 0) is 4.79 Å². The van der Waals surface area contributed by atoms with Crippen LogP contribution in [0.4, 0.5) is 5.69 Å².